The van der Waals surface area contributed by atoms with Gasteiger partial charge in [0.2, 0.25) is 0 Å². The van der Waals surface area contributed by atoms with Crippen molar-refractivity contribution < 1.29 is 5.11 Å². The molecule has 20 heavy (non-hydrogen) atoms. The quantitative estimate of drug-likeness (QED) is 0.842. The number of hydrogen-bond acceptors (Lipinski definition) is 2. The van der Waals surface area contributed by atoms with Gasteiger partial charge in [-0.25, -0.2) is 0 Å². The lowest BCUT2D eigenvalue weighted by Crippen LogP contribution is -2.16. The first-order valence-electron chi connectivity index (χ1n) is 6.83. The normalized spacial score (nSPS) is 13.7. The van der Waals surface area contributed by atoms with Crippen LogP contribution in [0.5, 0.6) is 0 Å². The largest absolute Gasteiger partial charge is 0.384 e. The van der Waals surface area contributed by atoms with Crippen LogP contribution in [0.25, 0.3) is 0 Å². The molecule has 0 bridgehead atoms. The molecular formula is C18H17NO. The van der Waals surface area contributed by atoms with Crippen molar-refractivity contribution in [3.63, 3.8) is 0 Å². The first kappa shape index (κ1) is 12.9. The summed E-state index contributed by atoms with van der Waals surface area (Å²) in [5, 5.41) is 8.84. The zero-order valence-corrected chi connectivity index (χ0v) is 11.3. The summed E-state index contributed by atoms with van der Waals surface area (Å²) in [6, 6.07) is 16.8. The van der Waals surface area contributed by atoms with E-state index in [2.05, 4.69) is 47.1 Å². The van der Waals surface area contributed by atoms with E-state index in [1.807, 2.05) is 18.2 Å². The van der Waals surface area contributed by atoms with E-state index in [1.54, 1.807) is 0 Å². The molecule has 0 aromatic heterocycles. The maximum Gasteiger partial charge on any atom is 0.104 e. The van der Waals surface area contributed by atoms with Crippen LogP contribution in [0.1, 0.15) is 22.3 Å². The lowest BCUT2D eigenvalue weighted by molar-refractivity contribution is 0.275. The van der Waals surface area contributed by atoms with Gasteiger partial charge in [0.1, 0.15) is 6.61 Å². The molecule has 2 heteroatoms. The Morgan fingerprint density at radius 1 is 0.950 bits per heavy atom. The average Bonchev–Trinajstić information content (AvgIpc) is 2.88. The summed E-state index contributed by atoms with van der Waals surface area (Å²) in [4.78, 5) is 2.42. The standard InChI is InChI=1S/C18H17NO/c20-11-5-10-15-6-1-2-7-16(15)12-19-13-17-8-3-4-9-18(17)14-19/h1-4,6-9,20H,11-14H2. The first-order valence-corrected chi connectivity index (χ1v) is 6.83. The molecule has 2 aromatic rings. The molecule has 3 rings (SSSR count). The van der Waals surface area contributed by atoms with Crippen molar-refractivity contribution in [2.75, 3.05) is 6.61 Å². The number of hydrogen-bond donors (Lipinski definition) is 1. The molecule has 0 amide bonds. The van der Waals surface area contributed by atoms with Crippen molar-refractivity contribution in [3.8, 4) is 11.8 Å². The minimum Gasteiger partial charge on any atom is -0.384 e. The fraction of sp³-hybridized carbons (Fsp3) is 0.222. The summed E-state index contributed by atoms with van der Waals surface area (Å²) in [5.74, 6) is 5.77. The summed E-state index contributed by atoms with van der Waals surface area (Å²) in [7, 11) is 0. The van der Waals surface area contributed by atoms with Crippen molar-refractivity contribution in [1.29, 1.82) is 0 Å². The Labute approximate surface area is 119 Å². The Morgan fingerprint density at radius 2 is 1.60 bits per heavy atom. The van der Waals surface area contributed by atoms with Crippen molar-refractivity contribution in [2.24, 2.45) is 0 Å². The molecule has 0 fully saturated rings. The average molecular weight is 263 g/mol. The molecule has 0 radical (unpaired) electrons. The van der Waals surface area contributed by atoms with Crippen LogP contribution in [0.2, 0.25) is 0 Å². The van der Waals surface area contributed by atoms with Crippen LogP contribution in [0.4, 0.5) is 0 Å². The van der Waals surface area contributed by atoms with E-state index < -0.39 is 0 Å². The van der Waals surface area contributed by atoms with Gasteiger partial charge in [0.15, 0.2) is 0 Å². The number of aliphatic hydroxyl groups excluding tert-OH is 1. The molecule has 0 saturated heterocycles. The van der Waals surface area contributed by atoms with E-state index in [1.165, 1.54) is 16.7 Å². The van der Waals surface area contributed by atoms with Crippen LogP contribution in [0.15, 0.2) is 48.5 Å². The molecule has 100 valence electrons. The molecule has 0 atom stereocenters. The van der Waals surface area contributed by atoms with Gasteiger partial charge in [0.05, 0.1) is 0 Å². The zero-order chi connectivity index (χ0) is 13.8. The Hall–Kier alpha value is -2.08. The van der Waals surface area contributed by atoms with E-state index in [0.717, 1.165) is 25.2 Å². The molecule has 0 aliphatic carbocycles. The summed E-state index contributed by atoms with van der Waals surface area (Å²) in [6.45, 7) is 2.80. The number of fused-ring (bicyclic) bond motifs is 1. The Balaban J connectivity index is 1.77. The topological polar surface area (TPSA) is 23.5 Å². The second-order valence-corrected chi connectivity index (χ2v) is 5.03. The Kier molecular flexibility index (Phi) is 3.83. The van der Waals surface area contributed by atoms with Crippen LogP contribution >= 0.6 is 0 Å². The summed E-state index contributed by atoms with van der Waals surface area (Å²) in [5.41, 5.74) is 5.08. The predicted molar refractivity (Wildman–Crippen MR) is 79.8 cm³/mol. The lowest BCUT2D eigenvalue weighted by Gasteiger charge is -2.15. The highest BCUT2D eigenvalue weighted by Gasteiger charge is 2.18. The van der Waals surface area contributed by atoms with E-state index >= 15 is 0 Å². The van der Waals surface area contributed by atoms with Crippen LogP contribution in [-0.2, 0) is 19.6 Å². The van der Waals surface area contributed by atoms with Gasteiger partial charge in [0, 0.05) is 25.2 Å². The van der Waals surface area contributed by atoms with Crippen molar-refractivity contribution in [3.05, 3.63) is 70.8 Å². The third-order valence-corrected chi connectivity index (χ3v) is 3.62. The molecule has 0 unspecified atom stereocenters. The highest BCUT2D eigenvalue weighted by Crippen LogP contribution is 2.24. The Bertz CT molecular complexity index is 641. The van der Waals surface area contributed by atoms with E-state index in [0.29, 0.717) is 0 Å². The predicted octanol–water partition coefficient (Wildman–Crippen LogP) is 2.55. The summed E-state index contributed by atoms with van der Waals surface area (Å²) in [6.07, 6.45) is 0. The number of rotatable bonds is 2. The third kappa shape index (κ3) is 2.75. The lowest BCUT2D eigenvalue weighted by atomic mass is 10.1. The summed E-state index contributed by atoms with van der Waals surface area (Å²) >= 11 is 0. The third-order valence-electron chi connectivity index (χ3n) is 3.62. The molecule has 2 aromatic carbocycles. The van der Waals surface area contributed by atoms with Gasteiger partial charge in [-0.05, 0) is 22.8 Å². The van der Waals surface area contributed by atoms with Crippen LogP contribution in [0.3, 0.4) is 0 Å². The molecule has 0 saturated carbocycles. The van der Waals surface area contributed by atoms with Crippen LogP contribution < -0.4 is 0 Å². The zero-order valence-electron chi connectivity index (χ0n) is 11.3. The van der Waals surface area contributed by atoms with Gasteiger partial charge in [-0.1, -0.05) is 54.3 Å². The fourth-order valence-corrected chi connectivity index (χ4v) is 2.67. The molecule has 1 aliphatic rings. The van der Waals surface area contributed by atoms with Gasteiger partial charge in [-0.3, -0.25) is 4.90 Å². The van der Waals surface area contributed by atoms with Gasteiger partial charge >= 0.3 is 0 Å². The molecule has 1 heterocycles. The molecule has 1 N–H and O–H groups in total. The fourth-order valence-electron chi connectivity index (χ4n) is 2.67. The maximum absolute atomic E-state index is 8.84. The van der Waals surface area contributed by atoms with E-state index in [-0.39, 0.29) is 6.61 Å². The second kappa shape index (κ2) is 5.92. The van der Waals surface area contributed by atoms with Gasteiger partial charge in [-0.15, -0.1) is 0 Å². The SMILES string of the molecule is OCC#Cc1ccccc1CN1Cc2ccccc2C1. The van der Waals surface area contributed by atoms with E-state index in [9.17, 15) is 0 Å². The molecule has 0 spiro atoms. The van der Waals surface area contributed by atoms with Gasteiger partial charge < -0.3 is 5.11 Å². The first-order chi connectivity index (χ1) is 9.86. The van der Waals surface area contributed by atoms with Gasteiger partial charge in [0.25, 0.3) is 0 Å². The Morgan fingerprint density at radius 3 is 2.30 bits per heavy atom. The highest BCUT2D eigenvalue weighted by atomic mass is 16.2. The van der Waals surface area contributed by atoms with Crippen LogP contribution in [0, 0.1) is 11.8 Å². The molecular weight excluding hydrogens is 246 g/mol. The second-order valence-electron chi connectivity index (χ2n) is 5.03. The van der Waals surface area contributed by atoms with Gasteiger partial charge in [-0.2, -0.15) is 0 Å². The molecule has 2 nitrogen and oxygen atoms in total. The van der Waals surface area contributed by atoms with Crippen molar-refractivity contribution in [1.82, 2.24) is 4.90 Å². The monoisotopic (exact) mass is 263 g/mol. The van der Waals surface area contributed by atoms with Crippen molar-refractivity contribution >= 4 is 0 Å². The smallest absolute Gasteiger partial charge is 0.104 e. The number of benzene rings is 2. The van der Waals surface area contributed by atoms with Crippen molar-refractivity contribution in [2.45, 2.75) is 19.6 Å². The molecule has 1 aliphatic heterocycles. The van der Waals surface area contributed by atoms with Crippen LogP contribution in [-0.4, -0.2) is 16.6 Å². The highest BCUT2D eigenvalue weighted by molar-refractivity contribution is 5.41. The van der Waals surface area contributed by atoms with E-state index in [4.69, 9.17) is 5.11 Å². The minimum atomic E-state index is -0.0938. The minimum absolute atomic E-state index is 0.0938. The number of aliphatic hydroxyl groups is 1. The summed E-state index contributed by atoms with van der Waals surface area (Å²) < 4.78 is 0. The number of nitrogens with zero attached hydrogens (tertiary/aromatic N) is 1. The maximum atomic E-state index is 8.84.